The first-order valence-electron chi connectivity index (χ1n) is 7.32. The molecule has 0 aromatic carbocycles. The zero-order valence-corrected chi connectivity index (χ0v) is 11.6. The summed E-state index contributed by atoms with van der Waals surface area (Å²) in [5.74, 6) is 0.928. The van der Waals surface area contributed by atoms with E-state index in [1.54, 1.807) is 17.1 Å². The number of fused-ring (bicyclic) bond motifs is 2. The summed E-state index contributed by atoms with van der Waals surface area (Å²) in [5.41, 5.74) is 0.735. The fourth-order valence-corrected chi connectivity index (χ4v) is 3.35. The van der Waals surface area contributed by atoms with Crippen molar-refractivity contribution < 1.29 is 4.79 Å². The van der Waals surface area contributed by atoms with E-state index in [2.05, 4.69) is 20.7 Å². The van der Waals surface area contributed by atoms with Crippen LogP contribution in [0.25, 0.3) is 5.82 Å². The van der Waals surface area contributed by atoms with Crippen LogP contribution in [0.5, 0.6) is 0 Å². The Morgan fingerprint density at radius 1 is 1.38 bits per heavy atom. The van der Waals surface area contributed by atoms with Gasteiger partial charge in [-0.1, -0.05) is 0 Å². The van der Waals surface area contributed by atoms with Gasteiger partial charge < -0.3 is 10.6 Å². The molecule has 2 aliphatic rings. The maximum absolute atomic E-state index is 12.3. The first-order valence-corrected chi connectivity index (χ1v) is 7.32. The number of aromatic nitrogens is 3. The molecule has 1 amide bonds. The van der Waals surface area contributed by atoms with Crippen LogP contribution >= 0.6 is 0 Å². The van der Waals surface area contributed by atoms with Crippen molar-refractivity contribution in [3.05, 3.63) is 36.8 Å². The minimum absolute atomic E-state index is 0.0922. The number of rotatable bonds is 3. The highest BCUT2D eigenvalue weighted by Gasteiger charge is 2.42. The first kappa shape index (κ1) is 12.5. The fraction of sp³-hybridized carbons (Fsp3) is 0.400. The summed E-state index contributed by atoms with van der Waals surface area (Å²) >= 11 is 0. The van der Waals surface area contributed by atoms with Gasteiger partial charge in [0.1, 0.15) is 0 Å². The summed E-state index contributed by atoms with van der Waals surface area (Å²) < 4.78 is 1.69. The number of nitrogens with one attached hydrogen (secondary N) is 2. The molecule has 21 heavy (non-hydrogen) atoms. The molecular weight excluding hydrogens is 266 g/mol. The number of hydrogen-bond donors (Lipinski definition) is 2. The summed E-state index contributed by atoms with van der Waals surface area (Å²) in [5, 5.41) is 10.6. The molecule has 4 heterocycles. The Hall–Kier alpha value is -2.21. The lowest BCUT2D eigenvalue weighted by molar-refractivity contribution is -0.120. The largest absolute Gasteiger partial charge is 0.324 e. The van der Waals surface area contributed by atoms with Crippen LogP contribution in [0.1, 0.15) is 19.3 Å². The standard InChI is InChI=1S/C15H17N5O/c21-15(12-8-10-2-4-13(12)18-10)19-11-3-5-14(16-9-11)20-7-1-6-17-20/h1,3,5-7,9-10,12-13,18H,2,4,8H2,(H,19,21). The lowest BCUT2D eigenvalue weighted by Crippen LogP contribution is -2.32. The Morgan fingerprint density at radius 2 is 2.33 bits per heavy atom. The molecule has 2 fully saturated rings. The van der Waals surface area contributed by atoms with E-state index in [1.165, 1.54) is 6.42 Å². The van der Waals surface area contributed by atoms with Gasteiger partial charge in [-0.2, -0.15) is 5.10 Å². The molecular formula is C15H17N5O. The predicted molar refractivity (Wildman–Crippen MR) is 78.0 cm³/mol. The summed E-state index contributed by atoms with van der Waals surface area (Å²) in [6.45, 7) is 0. The van der Waals surface area contributed by atoms with Gasteiger partial charge in [0.15, 0.2) is 5.82 Å². The Balaban J connectivity index is 1.44. The highest BCUT2D eigenvalue weighted by molar-refractivity contribution is 5.93. The molecule has 0 aliphatic carbocycles. The number of amides is 1. The van der Waals surface area contributed by atoms with Crippen molar-refractivity contribution >= 4 is 11.6 Å². The minimum Gasteiger partial charge on any atom is -0.324 e. The van der Waals surface area contributed by atoms with E-state index in [4.69, 9.17) is 0 Å². The van der Waals surface area contributed by atoms with Crippen LogP contribution in [-0.4, -0.2) is 32.8 Å². The second kappa shape index (κ2) is 4.96. The van der Waals surface area contributed by atoms with Gasteiger partial charge in [0.2, 0.25) is 5.91 Å². The molecule has 3 unspecified atom stereocenters. The van der Waals surface area contributed by atoms with Crippen molar-refractivity contribution in [1.82, 2.24) is 20.1 Å². The minimum atomic E-state index is 0.0922. The summed E-state index contributed by atoms with van der Waals surface area (Å²) in [4.78, 5) is 16.6. The third-order valence-electron chi connectivity index (χ3n) is 4.39. The lowest BCUT2D eigenvalue weighted by atomic mass is 9.88. The van der Waals surface area contributed by atoms with Gasteiger partial charge in [-0.25, -0.2) is 9.67 Å². The smallest absolute Gasteiger partial charge is 0.229 e. The quantitative estimate of drug-likeness (QED) is 0.892. The van der Waals surface area contributed by atoms with Crippen LogP contribution in [0, 0.1) is 5.92 Å². The van der Waals surface area contributed by atoms with E-state index in [0.717, 1.165) is 24.3 Å². The maximum Gasteiger partial charge on any atom is 0.229 e. The van der Waals surface area contributed by atoms with E-state index < -0.39 is 0 Å². The van der Waals surface area contributed by atoms with Crippen LogP contribution < -0.4 is 10.6 Å². The number of nitrogens with zero attached hydrogens (tertiary/aromatic N) is 3. The van der Waals surface area contributed by atoms with Gasteiger partial charge in [0.05, 0.1) is 17.8 Å². The summed E-state index contributed by atoms with van der Waals surface area (Å²) in [6, 6.07) is 6.45. The third-order valence-corrected chi connectivity index (χ3v) is 4.39. The molecule has 0 saturated carbocycles. The molecule has 2 aromatic rings. The second-order valence-corrected chi connectivity index (χ2v) is 5.73. The van der Waals surface area contributed by atoms with Crippen molar-refractivity contribution in [2.45, 2.75) is 31.3 Å². The maximum atomic E-state index is 12.3. The summed E-state index contributed by atoms with van der Waals surface area (Å²) in [7, 11) is 0. The molecule has 4 rings (SSSR count). The molecule has 2 aliphatic heterocycles. The van der Waals surface area contributed by atoms with Crippen molar-refractivity contribution in [3.63, 3.8) is 0 Å². The van der Waals surface area contributed by atoms with E-state index in [0.29, 0.717) is 12.1 Å². The molecule has 108 valence electrons. The Kier molecular flexibility index (Phi) is 2.96. The average molecular weight is 283 g/mol. The van der Waals surface area contributed by atoms with Gasteiger partial charge in [-0.05, 0) is 37.5 Å². The average Bonchev–Trinajstić information content (AvgIpc) is 3.25. The normalized spacial score (nSPS) is 27.0. The van der Waals surface area contributed by atoms with E-state index in [1.807, 2.05) is 24.4 Å². The van der Waals surface area contributed by atoms with E-state index >= 15 is 0 Å². The van der Waals surface area contributed by atoms with Crippen LogP contribution in [0.4, 0.5) is 5.69 Å². The van der Waals surface area contributed by atoms with Crippen molar-refractivity contribution in [2.24, 2.45) is 5.92 Å². The Labute approximate surface area is 122 Å². The predicted octanol–water partition coefficient (Wildman–Crippen LogP) is 1.35. The van der Waals surface area contributed by atoms with Gasteiger partial charge in [-0.3, -0.25) is 4.79 Å². The Morgan fingerprint density at radius 3 is 2.95 bits per heavy atom. The first-order chi connectivity index (χ1) is 10.3. The SMILES string of the molecule is O=C(Nc1ccc(-n2cccn2)nc1)C1CC2CCC1N2. The lowest BCUT2D eigenvalue weighted by Gasteiger charge is -2.19. The zero-order valence-electron chi connectivity index (χ0n) is 11.6. The van der Waals surface area contributed by atoms with Crippen LogP contribution in [0.3, 0.4) is 0 Å². The van der Waals surface area contributed by atoms with Gasteiger partial charge >= 0.3 is 0 Å². The van der Waals surface area contributed by atoms with Crippen LogP contribution in [0.15, 0.2) is 36.8 Å². The van der Waals surface area contributed by atoms with Crippen LogP contribution in [0.2, 0.25) is 0 Å². The van der Waals surface area contributed by atoms with Crippen LogP contribution in [-0.2, 0) is 4.79 Å². The Bertz CT molecular complexity index is 637. The van der Waals surface area contributed by atoms with Crippen molar-refractivity contribution in [3.8, 4) is 5.82 Å². The van der Waals surface area contributed by atoms with Crippen molar-refractivity contribution in [1.29, 1.82) is 0 Å². The molecule has 2 bridgehead atoms. The highest BCUT2D eigenvalue weighted by atomic mass is 16.2. The highest BCUT2D eigenvalue weighted by Crippen LogP contribution is 2.33. The summed E-state index contributed by atoms with van der Waals surface area (Å²) in [6.07, 6.45) is 8.49. The molecule has 2 aromatic heterocycles. The molecule has 0 radical (unpaired) electrons. The molecule has 6 heteroatoms. The number of carbonyl (C=O) groups is 1. The van der Waals surface area contributed by atoms with Gasteiger partial charge in [0, 0.05) is 24.5 Å². The molecule has 3 atom stereocenters. The second-order valence-electron chi connectivity index (χ2n) is 5.73. The van der Waals surface area contributed by atoms with E-state index in [9.17, 15) is 4.79 Å². The third kappa shape index (κ3) is 2.31. The topological polar surface area (TPSA) is 71.8 Å². The number of hydrogen-bond acceptors (Lipinski definition) is 4. The number of anilines is 1. The van der Waals surface area contributed by atoms with Crippen molar-refractivity contribution in [2.75, 3.05) is 5.32 Å². The molecule has 0 spiro atoms. The molecule has 6 nitrogen and oxygen atoms in total. The number of pyridine rings is 1. The zero-order chi connectivity index (χ0) is 14.2. The fourth-order valence-electron chi connectivity index (χ4n) is 3.35. The monoisotopic (exact) mass is 283 g/mol. The van der Waals surface area contributed by atoms with Gasteiger partial charge in [0.25, 0.3) is 0 Å². The molecule has 2 N–H and O–H groups in total. The van der Waals surface area contributed by atoms with Gasteiger partial charge in [-0.15, -0.1) is 0 Å². The molecule has 2 saturated heterocycles. The van der Waals surface area contributed by atoms with E-state index in [-0.39, 0.29) is 11.8 Å². The number of carbonyl (C=O) groups excluding carboxylic acids is 1.